The monoisotopic (exact) mass is 252 g/mol. The van der Waals surface area contributed by atoms with Crippen molar-refractivity contribution in [3.05, 3.63) is 28.8 Å². The van der Waals surface area contributed by atoms with Gasteiger partial charge in [0.2, 0.25) is 0 Å². The second-order valence-corrected chi connectivity index (χ2v) is 4.76. The van der Waals surface area contributed by atoms with Crippen molar-refractivity contribution in [1.29, 1.82) is 0 Å². The molecule has 0 bridgehead atoms. The van der Waals surface area contributed by atoms with E-state index in [4.69, 9.17) is 9.84 Å². The van der Waals surface area contributed by atoms with Gasteiger partial charge in [-0.1, -0.05) is 6.92 Å². The predicted molar refractivity (Wildman–Crippen MR) is 73.1 cm³/mol. The topological polar surface area (TPSA) is 49.7 Å². The van der Waals surface area contributed by atoms with Crippen molar-refractivity contribution in [1.82, 2.24) is 0 Å². The lowest BCUT2D eigenvalue weighted by molar-refractivity contribution is 0.0885. The Morgan fingerprint density at radius 3 is 2.33 bits per heavy atom. The molecule has 0 saturated heterocycles. The molecule has 0 spiro atoms. The van der Waals surface area contributed by atoms with E-state index in [1.54, 1.807) is 0 Å². The fourth-order valence-electron chi connectivity index (χ4n) is 2.05. The van der Waals surface area contributed by atoms with Gasteiger partial charge in [-0.2, -0.15) is 0 Å². The molecule has 0 radical (unpaired) electrons. The van der Waals surface area contributed by atoms with Crippen molar-refractivity contribution in [2.24, 2.45) is 0 Å². The van der Waals surface area contributed by atoms with Crippen molar-refractivity contribution in [3.63, 3.8) is 0 Å². The number of aliphatic hydroxyl groups excluding tert-OH is 2. The summed E-state index contributed by atoms with van der Waals surface area (Å²) in [7, 11) is 0. The molecule has 0 aliphatic carbocycles. The highest BCUT2D eigenvalue weighted by Gasteiger charge is 2.09. The molecule has 18 heavy (non-hydrogen) atoms. The summed E-state index contributed by atoms with van der Waals surface area (Å²) < 4.78 is 5.63. The van der Waals surface area contributed by atoms with E-state index in [9.17, 15) is 5.11 Å². The maximum atomic E-state index is 9.40. The van der Waals surface area contributed by atoms with Crippen LogP contribution in [0, 0.1) is 13.8 Å². The lowest BCUT2D eigenvalue weighted by atomic mass is 9.97. The SMILES string of the molecule is CCCOc1cc(C)c(CCC(O)CO)c(C)c1. The third-order valence-electron chi connectivity index (χ3n) is 3.08. The smallest absolute Gasteiger partial charge is 0.119 e. The zero-order valence-corrected chi connectivity index (χ0v) is 11.6. The Bertz CT molecular complexity index is 351. The maximum Gasteiger partial charge on any atom is 0.119 e. The minimum absolute atomic E-state index is 0.171. The molecule has 3 nitrogen and oxygen atoms in total. The number of aliphatic hydroxyl groups is 2. The Hall–Kier alpha value is -1.06. The molecule has 0 saturated carbocycles. The van der Waals surface area contributed by atoms with Crippen molar-refractivity contribution < 1.29 is 14.9 Å². The van der Waals surface area contributed by atoms with Crippen LogP contribution >= 0.6 is 0 Å². The van der Waals surface area contributed by atoms with E-state index in [2.05, 4.69) is 20.8 Å². The van der Waals surface area contributed by atoms with Gasteiger partial charge < -0.3 is 14.9 Å². The molecule has 2 N–H and O–H groups in total. The molecule has 102 valence electrons. The van der Waals surface area contributed by atoms with Gasteiger partial charge in [0.1, 0.15) is 5.75 Å². The Morgan fingerprint density at radius 2 is 1.83 bits per heavy atom. The Morgan fingerprint density at radius 1 is 1.22 bits per heavy atom. The van der Waals surface area contributed by atoms with Gasteiger partial charge in [-0.3, -0.25) is 0 Å². The first kappa shape index (κ1) is 15.0. The predicted octanol–water partition coefficient (Wildman–Crippen LogP) is 2.38. The number of hydrogen-bond donors (Lipinski definition) is 2. The van der Waals surface area contributed by atoms with Crippen LogP contribution in [0.15, 0.2) is 12.1 Å². The van der Waals surface area contributed by atoms with Gasteiger partial charge in [0.15, 0.2) is 0 Å². The summed E-state index contributed by atoms with van der Waals surface area (Å²) in [6, 6.07) is 4.09. The molecule has 0 aromatic heterocycles. The third kappa shape index (κ3) is 4.31. The van der Waals surface area contributed by atoms with E-state index in [1.807, 2.05) is 12.1 Å². The summed E-state index contributed by atoms with van der Waals surface area (Å²) in [4.78, 5) is 0. The quantitative estimate of drug-likeness (QED) is 0.783. The number of hydrogen-bond acceptors (Lipinski definition) is 3. The summed E-state index contributed by atoms with van der Waals surface area (Å²) in [5.74, 6) is 0.915. The normalized spacial score (nSPS) is 12.5. The minimum Gasteiger partial charge on any atom is -0.494 e. The van der Waals surface area contributed by atoms with E-state index >= 15 is 0 Å². The summed E-state index contributed by atoms with van der Waals surface area (Å²) in [6.45, 7) is 6.78. The molecule has 0 amide bonds. The van der Waals surface area contributed by atoms with Gasteiger partial charge in [-0.15, -0.1) is 0 Å². The van der Waals surface area contributed by atoms with Crippen molar-refractivity contribution in [3.8, 4) is 5.75 Å². The Kier molecular flexibility index (Phi) is 6.16. The van der Waals surface area contributed by atoms with E-state index in [-0.39, 0.29) is 6.61 Å². The molecule has 3 heteroatoms. The van der Waals surface area contributed by atoms with E-state index < -0.39 is 6.10 Å². The fourth-order valence-corrected chi connectivity index (χ4v) is 2.05. The second-order valence-electron chi connectivity index (χ2n) is 4.76. The van der Waals surface area contributed by atoms with E-state index in [1.165, 1.54) is 16.7 Å². The minimum atomic E-state index is -0.625. The highest BCUT2D eigenvalue weighted by Crippen LogP contribution is 2.23. The molecular weight excluding hydrogens is 228 g/mol. The first-order valence-electron chi connectivity index (χ1n) is 6.60. The summed E-state index contributed by atoms with van der Waals surface area (Å²) in [5, 5.41) is 18.2. The molecule has 1 unspecified atom stereocenters. The van der Waals surface area contributed by atoms with Crippen LogP contribution in [-0.2, 0) is 6.42 Å². The molecule has 0 fully saturated rings. The van der Waals surface area contributed by atoms with Crippen molar-refractivity contribution in [2.75, 3.05) is 13.2 Å². The average molecular weight is 252 g/mol. The molecule has 1 aromatic carbocycles. The van der Waals surface area contributed by atoms with Crippen LogP contribution in [0.5, 0.6) is 5.75 Å². The van der Waals surface area contributed by atoms with Gasteiger partial charge in [0.25, 0.3) is 0 Å². The van der Waals surface area contributed by atoms with Crippen molar-refractivity contribution >= 4 is 0 Å². The molecule has 1 rings (SSSR count). The molecule has 0 aliphatic heterocycles. The zero-order chi connectivity index (χ0) is 13.5. The first-order chi connectivity index (χ1) is 8.58. The maximum absolute atomic E-state index is 9.40. The largest absolute Gasteiger partial charge is 0.494 e. The Balaban J connectivity index is 2.74. The van der Waals surface area contributed by atoms with Crippen molar-refractivity contribution in [2.45, 2.75) is 46.1 Å². The highest BCUT2D eigenvalue weighted by molar-refractivity contribution is 5.41. The lowest BCUT2D eigenvalue weighted by Crippen LogP contribution is -2.13. The van der Waals surface area contributed by atoms with Crippen LogP contribution in [0.2, 0.25) is 0 Å². The van der Waals surface area contributed by atoms with Crippen LogP contribution in [-0.4, -0.2) is 29.5 Å². The molecule has 1 aromatic rings. The van der Waals surface area contributed by atoms with Gasteiger partial charge in [0, 0.05) is 0 Å². The Labute approximate surface area is 109 Å². The summed E-state index contributed by atoms with van der Waals surface area (Å²) >= 11 is 0. The van der Waals surface area contributed by atoms with Gasteiger partial charge in [0.05, 0.1) is 19.3 Å². The number of rotatable bonds is 7. The fraction of sp³-hybridized carbons (Fsp3) is 0.600. The molecular formula is C15H24O3. The molecule has 0 heterocycles. The van der Waals surface area contributed by atoms with Gasteiger partial charge in [-0.25, -0.2) is 0 Å². The highest BCUT2D eigenvalue weighted by atomic mass is 16.5. The number of aryl methyl sites for hydroxylation is 2. The third-order valence-corrected chi connectivity index (χ3v) is 3.08. The van der Waals surface area contributed by atoms with Crippen LogP contribution in [0.3, 0.4) is 0 Å². The summed E-state index contributed by atoms with van der Waals surface area (Å²) in [5.41, 5.74) is 3.61. The van der Waals surface area contributed by atoms with Crippen LogP contribution in [0.25, 0.3) is 0 Å². The summed E-state index contributed by atoms with van der Waals surface area (Å²) in [6.07, 6.45) is 1.75. The number of ether oxygens (including phenoxy) is 1. The zero-order valence-electron chi connectivity index (χ0n) is 11.6. The lowest BCUT2D eigenvalue weighted by Gasteiger charge is -2.14. The standard InChI is InChI=1S/C15H24O3/c1-4-7-18-14-8-11(2)15(12(3)9-14)6-5-13(17)10-16/h8-9,13,16-17H,4-7,10H2,1-3H3. The van der Waals surface area contributed by atoms with Gasteiger partial charge >= 0.3 is 0 Å². The van der Waals surface area contributed by atoms with Crippen LogP contribution in [0.1, 0.15) is 36.5 Å². The van der Waals surface area contributed by atoms with Crippen LogP contribution in [0.4, 0.5) is 0 Å². The molecule has 0 aliphatic rings. The first-order valence-corrected chi connectivity index (χ1v) is 6.60. The molecule has 1 atom stereocenters. The van der Waals surface area contributed by atoms with E-state index in [0.29, 0.717) is 6.42 Å². The second kappa shape index (κ2) is 7.39. The average Bonchev–Trinajstić information content (AvgIpc) is 2.34. The number of benzene rings is 1. The van der Waals surface area contributed by atoms with Crippen LogP contribution < -0.4 is 4.74 Å². The van der Waals surface area contributed by atoms with Gasteiger partial charge in [-0.05, 0) is 61.9 Å². The van der Waals surface area contributed by atoms with E-state index in [0.717, 1.165) is 25.2 Å².